The number of nitriles is 2. The van der Waals surface area contributed by atoms with Crippen molar-refractivity contribution >= 4 is 39.8 Å². The van der Waals surface area contributed by atoms with E-state index in [-0.39, 0.29) is 0 Å². The number of aromatic carboxylic acids is 1. The fourth-order valence-electron chi connectivity index (χ4n) is 2.61. The highest BCUT2D eigenvalue weighted by molar-refractivity contribution is 7.14. The van der Waals surface area contributed by atoms with Gasteiger partial charge in [0, 0.05) is 22.2 Å². The van der Waals surface area contributed by atoms with Crippen molar-refractivity contribution in [2.24, 2.45) is 0 Å². The highest BCUT2D eigenvalue weighted by Crippen LogP contribution is 2.34. The molecule has 0 saturated carbocycles. The maximum atomic E-state index is 11.5. The average molecular weight is 395 g/mol. The Labute approximate surface area is 166 Å². The van der Waals surface area contributed by atoms with Crippen molar-refractivity contribution in [1.82, 2.24) is 0 Å². The highest BCUT2D eigenvalue weighted by atomic mass is 32.1. The zero-order valence-corrected chi connectivity index (χ0v) is 16.7. The van der Waals surface area contributed by atoms with E-state index >= 15 is 0 Å². The van der Waals surface area contributed by atoms with Crippen LogP contribution in [0.5, 0.6) is 0 Å². The number of carboxylic acids is 1. The van der Waals surface area contributed by atoms with Crippen LogP contribution in [0.3, 0.4) is 0 Å². The van der Waals surface area contributed by atoms with Crippen molar-refractivity contribution in [2.45, 2.75) is 26.7 Å². The molecule has 1 aliphatic rings. The van der Waals surface area contributed by atoms with E-state index in [0.717, 1.165) is 39.3 Å². The monoisotopic (exact) mass is 394 g/mol. The molecule has 0 fully saturated rings. The summed E-state index contributed by atoms with van der Waals surface area (Å²) in [7, 11) is 0. The second-order valence-corrected chi connectivity index (χ2v) is 7.59. The number of hydrogen-bond acceptors (Lipinski definition) is 5. The molecule has 2 heterocycles. The molecule has 1 N–H and O–H groups in total. The normalized spacial score (nSPS) is 12.6. The first-order valence-electron chi connectivity index (χ1n) is 8.28. The summed E-state index contributed by atoms with van der Waals surface area (Å²) in [6, 6.07) is 7.77. The minimum Gasteiger partial charge on any atom is -0.477 e. The molecule has 136 valence electrons. The van der Waals surface area contributed by atoms with Gasteiger partial charge in [-0.25, -0.2) is 4.79 Å². The molecule has 0 bridgehead atoms. The summed E-state index contributed by atoms with van der Waals surface area (Å²) in [5, 5.41) is 27.9. The van der Waals surface area contributed by atoms with Gasteiger partial charge in [-0.1, -0.05) is 31.2 Å². The quantitative estimate of drug-likeness (QED) is 0.700. The van der Waals surface area contributed by atoms with E-state index in [1.54, 1.807) is 17.4 Å². The van der Waals surface area contributed by atoms with Crippen molar-refractivity contribution < 1.29 is 9.90 Å². The molecule has 2 aromatic heterocycles. The highest BCUT2D eigenvalue weighted by Gasteiger charge is 2.17. The van der Waals surface area contributed by atoms with Crippen LogP contribution in [-0.2, 0) is 6.42 Å². The molecule has 0 saturated heterocycles. The van der Waals surface area contributed by atoms with E-state index in [2.05, 4.69) is 6.07 Å². The first-order valence-corrected chi connectivity index (χ1v) is 9.97. The third-order valence-electron chi connectivity index (χ3n) is 3.81. The number of thiophene rings is 2. The van der Waals surface area contributed by atoms with Gasteiger partial charge in [0.2, 0.25) is 0 Å². The van der Waals surface area contributed by atoms with Crippen LogP contribution in [-0.4, -0.2) is 11.1 Å². The van der Waals surface area contributed by atoms with Gasteiger partial charge in [-0.2, -0.15) is 10.5 Å². The number of allylic oxidation sites excluding steroid dienone is 6. The zero-order valence-electron chi connectivity index (χ0n) is 15.0. The molecule has 0 radical (unpaired) electrons. The summed E-state index contributed by atoms with van der Waals surface area (Å²) in [6.07, 6.45) is 9.49. The first-order chi connectivity index (χ1) is 13.0. The molecule has 0 unspecified atom stereocenters. The van der Waals surface area contributed by atoms with Gasteiger partial charge in [-0.3, -0.25) is 0 Å². The van der Waals surface area contributed by atoms with E-state index in [9.17, 15) is 15.2 Å². The third-order valence-corrected chi connectivity index (χ3v) is 6.07. The Balaban J connectivity index is 0.000000817. The van der Waals surface area contributed by atoms with Gasteiger partial charge in [0.25, 0.3) is 0 Å². The Morgan fingerprint density at radius 3 is 2.70 bits per heavy atom. The molecule has 1 aliphatic carbocycles. The molecular formula is C21H18N2O2S2. The molecule has 0 aliphatic heterocycles. The lowest BCUT2D eigenvalue weighted by Gasteiger charge is -2.00. The summed E-state index contributed by atoms with van der Waals surface area (Å²) >= 11 is 2.89. The summed E-state index contributed by atoms with van der Waals surface area (Å²) in [6.45, 7) is 3.46. The smallest absolute Gasteiger partial charge is 0.346 e. The third kappa shape index (κ3) is 4.83. The van der Waals surface area contributed by atoms with Crippen molar-refractivity contribution in [3.63, 3.8) is 0 Å². The van der Waals surface area contributed by atoms with Crippen molar-refractivity contribution in [3.05, 3.63) is 67.6 Å². The Hall–Kier alpha value is -2.93. The number of carbonyl (C=O) groups is 1. The predicted octanol–water partition coefficient (Wildman–Crippen LogP) is 5.90. The molecule has 3 rings (SSSR count). The number of aryl methyl sites for hydroxylation is 1. The molecule has 0 spiro atoms. The van der Waals surface area contributed by atoms with Crippen molar-refractivity contribution in [1.29, 1.82) is 10.5 Å². The summed E-state index contributed by atoms with van der Waals surface area (Å²) < 4.78 is 0. The predicted molar refractivity (Wildman–Crippen MR) is 111 cm³/mol. The fraction of sp³-hybridized carbons (Fsp3) is 0.190. The average Bonchev–Trinajstić information content (AvgIpc) is 3.24. The number of rotatable bonds is 4. The Morgan fingerprint density at radius 2 is 2.07 bits per heavy atom. The van der Waals surface area contributed by atoms with Crippen LogP contribution in [0, 0.1) is 22.7 Å². The number of nitrogens with zero attached hydrogens (tertiary/aromatic N) is 2. The van der Waals surface area contributed by atoms with Crippen LogP contribution in [0.1, 0.15) is 50.8 Å². The van der Waals surface area contributed by atoms with E-state index in [4.69, 9.17) is 5.26 Å². The zero-order chi connectivity index (χ0) is 19.8. The molecule has 0 atom stereocenters. The molecule has 2 aromatic rings. The summed E-state index contributed by atoms with van der Waals surface area (Å²) in [5.74, 6) is -0.887. The molecule has 6 heteroatoms. The maximum absolute atomic E-state index is 11.5. The van der Waals surface area contributed by atoms with Crippen molar-refractivity contribution in [2.75, 3.05) is 0 Å². The Kier molecular flexibility index (Phi) is 7.31. The van der Waals surface area contributed by atoms with Gasteiger partial charge < -0.3 is 5.11 Å². The van der Waals surface area contributed by atoms with E-state index in [1.165, 1.54) is 18.3 Å². The molecule has 0 aromatic carbocycles. The van der Waals surface area contributed by atoms with Crippen LogP contribution < -0.4 is 0 Å². The van der Waals surface area contributed by atoms with Crippen LogP contribution in [0.15, 0.2) is 41.8 Å². The van der Waals surface area contributed by atoms with Crippen LogP contribution in [0.4, 0.5) is 0 Å². The van der Waals surface area contributed by atoms with Gasteiger partial charge in [0.15, 0.2) is 0 Å². The first kappa shape index (κ1) is 20.4. The Morgan fingerprint density at radius 1 is 1.33 bits per heavy atom. The second-order valence-electron chi connectivity index (χ2n) is 5.53. The van der Waals surface area contributed by atoms with Crippen molar-refractivity contribution in [3.8, 4) is 12.1 Å². The minimum atomic E-state index is -0.887. The Bertz CT molecular complexity index is 1010. The van der Waals surface area contributed by atoms with E-state index in [0.29, 0.717) is 10.4 Å². The molecule has 4 nitrogen and oxygen atoms in total. The lowest BCUT2D eigenvalue weighted by molar-refractivity contribution is 0.0702. The van der Waals surface area contributed by atoms with E-state index < -0.39 is 5.97 Å². The number of hydrogen-bond donors (Lipinski definition) is 1. The van der Waals surface area contributed by atoms with Gasteiger partial charge in [-0.05, 0) is 41.5 Å². The minimum absolute atomic E-state index is 0.383. The lowest BCUT2D eigenvalue weighted by atomic mass is 10.1. The van der Waals surface area contributed by atoms with Gasteiger partial charge in [0.1, 0.15) is 10.9 Å². The van der Waals surface area contributed by atoms with Crippen LogP contribution >= 0.6 is 22.7 Å². The molecule has 27 heavy (non-hydrogen) atoms. The van der Waals surface area contributed by atoms with Crippen LogP contribution in [0.25, 0.3) is 11.1 Å². The molecule has 0 amide bonds. The standard InChI is InChI=1S/C19H15NO2S2.C2H3N/c1-2-15-10-16(18(24-15)19(21)22)12-4-3-5-13(7-6-12)17-14(11-20)8-9-23-17;1-2-3/h3-4,6-10H,2,5H2,1H3,(H,21,22);1H3. The fourth-order valence-corrected chi connectivity index (χ4v) is 4.45. The maximum Gasteiger partial charge on any atom is 0.346 e. The lowest BCUT2D eigenvalue weighted by Crippen LogP contribution is -1.96. The van der Waals surface area contributed by atoms with Gasteiger partial charge in [-0.15, -0.1) is 22.7 Å². The van der Waals surface area contributed by atoms with Gasteiger partial charge in [0.05, 0.1) is 11.6 Å². The number of carboxylic acid groups (broad SMARTS) is 1. The van der Waals surface area contributed by atoms with Crippen LogP contribution in [0.2, 0.25) is 0 Å². The second kappa shape index (κ2) is 9.68. The summed E-state index contributed by atoms with van der Waals surface area (Å²) in [4.78, 5) is 14.0. The van der Waals surface area contributed by atoms with E-state index in [1.807, 2.05) is 48.7 Å². The largest absolute Gasteiger partial charge is 0.477 e. The summed E-state index contributed by atoms with van der Waals surface area (Å²) in [5.41, 5.74) is 3.43. The topological polar surface area (TPSA) is 84.9 Å². The SMILES string of the molecule is CC#N.CCc1cc(C2=CC=C(c3sccc3C#N)CC=C2)c(C(=O)O)s1. The molecular weight excluding hydrogens is 376 g/mol. The van der Waals surface area contributed by atoms with Gasteiger partial charge >= 0.3 is 5.97 Å².